The van der Waals surface area contributed by atoms with E-state index >= 15 is 0 Å². The van der Waals surface area contributed by atoms with Gasteiger partial charge in [0.05, 0.1) is 11.0 Å². The van der Waals surface area contributed by atoms with E-state index < -0.39 is 0 Å². The maximum absolute atomic E-state index is 3.79. The average molecular weight is 819 g/mol. The zero-order chi connectivity index (χ0) is 35.6. The van der Waals surface area contributed by atoms with Gasteiger partial charge in [0, 0.05) is 42.5 Å². The summed E-state index contributed by atoms with van der Waals surface area (Å²) in [7, 11) is 0. The predicted octanol–water partition coefficient (Wildman–Crippen LogP) is 14.9. The van der Waals surface area contributed by atoms with Crippen molar-refractivity contribution in [2.45, 2.75) is 117 Å². The largest absolute Gasteiger partial charge is 0.313 e. The molecule has 0 fully saturated rings. The summed E-state index contributed by atoms with van der Waals surface area (Å²) in [6.45, 7) is 4.62. The van der Waals surface area contributed by atoms with Crippen molar-refractivity contribution in [2.24, 2.45) is 11.8 Å². The van der Waals surface area contributed by atoms with Crippen LogP contribution >= 0.6 is 31.9 Å². The molecule has 2 aromatic heterocycles. The summed E-state index contributed by atoms with van der Waals surface area (Å²) < 4.78 is 7.47. The van der Waals surface area contributed by atoms with Crippen LogP contribution in [0.25, 0.3) is 44.3 Å². The van der Waals surface area contributed by atoms with E-state index in [-0.39, 0.29) is 0 Å². The maximum Gasteiger partial charge on any atom is 0.0535 e. The molecule has 0 amide bonds. The summed E-state index contributed by atoms with van der Waals surface area (Å²) in [4.78, 5) is 0. The Morgan fingerprint density at radius 3 is 1.35 bits per heavy atom. The van der Waals surface area contributed by atoms with E-state index in [1.807, 2.05) is 0 Å². The third-order valence-corrected chi connectivity index (χ3v) is 13.4. The molecule has 4 heteroatoms. The van der Waals surface area contributed by atoms with Crippen molar-refractivity contribution in [1.82, 2.24) is 9.13 Å². The molecule has 0 saturated heterocycles. The van der Waals surface area contributed by atoms with Gasteiger partial charge in [-0.3, -0.25) is 0 Å². The Balaban J connectivity index is 1.05. The van der Waals surface area contributed by atoms with Gasteiger partial charge >= 0.3 is 0 Å². The van der Waals surface area contributed by atoms with Crippen molar-refractivity contribution in [3.63, 3.8) is 0 Å². The number of hydrogen-bond acceptors (Lipinski definition) is 0. The normalized spacial score (nSPS) is 17.2. The molecule has 2 aliphatic carbocycles. The first-order valence-electron chi connectivity index (χ1n) is 20.4. The van der Waals surface area contributed by atoms with Crippen LogP contribution in [0.3, 0.4) is 0 Å². The van der Waals surface area contributed by atoms with Gasteiger partial charge in [-0.25, -0.2) is 0 Å². The second kappa shape index (κ2) is 16.1. The van der Waals surface area contributed by atoms with Gasteiger partial charge in [0.15, 0.2) is 0 Å². The molecule has 0 bridgehead atoms. The second-order valence-electron chi connectivity index (χ2n) is 15.9. The molecule has 2 aliphatic rings. The van der Waals surface area contributed by atoms with Crippen molar-refractivity contribution in [1.29, 1.82) is 0 Å². The summed E-state index contributed by atoms with van der Waals surface area (Å²) in [5, 5.41) is 2.86. The summed E-state index contributed by atoms with van der Waals surface area (Å²) in [6, 6.07) is 32.4. The zero-order valence-corrected chi connectivity index (χ0v) is 34.4. The van der Waals surface area contributed by atoms with Crippen LogP contribution in [0.5, 0.6) is 0 Å². The first-order chi connectivity index (χ1) is 25.5. The number of fused-ring (bicyclic) bond motifs is 6. The summed E-state index contributed by atoms with van der Waals surface area (Å²) in [5.41, 5.74) is 14.0. The van der Waals surface area contributed by atoms with Gasteiger partial charge in [-0.1, -0.05) is 134 Å². The molecule has 0 aliphatic heterocycles. The Morgan fingerprint density at radius 1 is 0.519 bits per heavy atom. The molecule has 2 nitrogen and oxygen atoms in total. The zero-order valence-electron chi connectivity index (χ0n) is 31.2. The highest BCUT2D eigenvalue weighted by molar-refractivity contribution is 9.10. The molecule has 270 valence electrons. The predicted molar refractivity (Wildman–Crippen MR) is 229 cm³/mol. The number of hydrogen-bond donors (Lipinski definition) is 0. The van der Waals surface area contributed by atoms with Crippen LogP contribution in [0.4, 0.5) is 0 Å². The molecular weight excluding hydrogens is 764 g/mol. The van der Waals surface area contributed by atoms with Gasteiger partial charge in [-0.15, -0.1) is 0 Å². The maximum atomic E-state index is 3.79. The Labute approximate surface area is 328 Å². The van der Waals surface area contributed by atoms with Gasteiger partial charge in [0.25, 0.3) is 0 Å². The van der Waals surface area contributed by atoms with E-state index in [0.29, 0.717) is 0 Å². The minimum Gasteiger partial charge on any atom is -0.313 e. The van der Waals surface area contributed by atoms with E-state index in [1.165, 1.54) is 155 Å². The second-order valence-corrected chi connectivity index (χ2v) is 17.7. The fraction of sp³-hybridized carbons (Fsp3) is 0.417. The molecule has 4 aromatic carbocycles. The topological polar surface area (TPSA) is 9.86 Å². The molecular formula is C48H54Br2N2. The molecule has 2 unspecified atom stereocenters. The number of rotatable bonds is 13. The summed E-state index contributed by atoms with van der Waals surface area (Å²) in [6.07, 6.45) is 21.0. The molecule has 0 spiro atoms. The van der Waals surface area contributed by atoms with Crippen LogP contribution in [-0.2, 0) is 25.7 Å². The van der Waals surface area contributed by atoms with E-state index in [0.717, 1.165) is 24.7 Å². The SMILES string of the molecule is CCCCCCC1CCc2c(c3cc(Br)ccc3n2-c2ccc(-c3ccc(-n4c5c(c6cc(Br)ccc64)CC(CCCCCC)CC5)cc3)cc2)C1. The van der Waals surface area contributed by atoms with Crippen LogP contribution in [0.1, 0.15) is 113 Å². The van der Waals surface area contributed by atoms with Crippen molar-refractivity contribution < 1.29 is 0 Å². The van der Waals surface area contributed by atoms with Crippen LogP contribution in [0.2, 0.25) is 0 Å². The molecule has 6 aromatic rings. The Hall–Kier alpha value is -3.08. The molecule has 2 heterocycles. The van der Waals surface area contributed by atoms with E-state index in [9.17, 15) is 0 Å². The van der Waals surface area contributed by atoms with Crippen molar-refractivity contribution >= 4 is 53.7 Å². The highest BCUT2D eigenvalue weighted by atomic mass is 79.9. The molecule has 8 rings (SSSR count). The van der Waals surface area contributed by atoms with Crippen molar-refractivity contribution in [3.05, 3.63) is 116 Å². The summed E-state index contributed by atoms with van der Waals surface area (Å²) >= 11 is 7.58. The number of nitrogens with zero attached hydrogens (tertiary/aromatic N) is 2. The average Bonchev–Trinajstić information content (AvgIpc) is 3.66. The Bertz CT molecular complexity index is 1990. The highest BCUT2D eigenvalue weighted by Crippen LogP contribution is 2.41. The lowest BCUT2D eigenvalue weighted by Gasteiger charge is -2.24. The van der Waals surface area contributed by atoms with Crippen molar-refractivity contribution in [2.75, 3.05) is 0 Å². The standard InChI is InChI=1S/C48H54Br2N2/c1-3-5-7-9-11-33-13-25-45-41(29-33)43-31-37(49)19-27-47(43)51(45)39-21-15-35(16-22-39)36-17-23-40(24-18-36)52-46-26-14-34(12-10-8-6-4-2)30-42(46)44-32-38(50)20-28-48(44)52/h15-24,27-28,31-34H,3-14,25-26,29-30H2,1-2H3. The van der Waals surface area contributed by atoms with E-state index in [4.69, 9.17) is 0 Å². The quantitative estimate of drug-likeness (QED) is 0.103. The third-order valence-electron chi connectivity index (χ3n) is 12.4. The Morgan fingerprint density at radius 2 is 0.942 bits per heavy atom. The van der Waals surface area contributed by atoms with E-state index in [1.54, 1.807) is 11.1 Å². The van der Waals surface area contributed by atoms with Gasteiger partial charge in [-0.2, -0.15) is 0 Å². The molecule has 0 saturated carbocycles. The minimum absolute atomic E-state index is 0.807. The lowest BCUT2D eigenvalue weighted by Crippen LogP contribution is -2.16. The Kier molecular flexibility index (Phi) is 11.1. The lowest BCUT2D eigenvalue weighted by molar-refractivity contribution is 0.403. The van der Waals surface area contributed by atoms with Crippen LogP contribution < -0.4 is 0 Å². The summed E-state index contributed by atoms with van der Waals surface area (Å²) in [5.74, 6) is 1.61. The third kappa shape index (κ3) is 7.24. The monoisotopic (exact) mass is 816 g/mol. The van der Waals surface area contributed by atoms with Gasteiger partial charge in [0.2, 0.25) is 0 Å². The number of unbranched alkanes of at least 4 members (excludes halogenated alkanes) is 6. The number of aromatic nitrogens is 2. The van der Waals surface area contributed by atoms with Crippen LogP contribution in [-0.4, -0.2) is 9.13 Å². The van der Waals surface area contributed by atoms with E-state index in [2.05, 4.69) is 140 Å². The smallest absolute Gasteiger partial charge is 0.0535 e. The first-order valence-corrected chi connectivity index (χ1v) is 22.0. The van der Waals surface area contributed by atoms with Crippen LogP contribution in [0.15, 0.2) is 93.9 Å². The van der Waals surface area contributed by atoms with Gasteiger partial charge in [0.1, 0.15) is 0 Å². The minimum atomic E-state index is 0.807. The molecule has 2 atom stereocenters. The van der Waals surface area contributed by atoms with Crippen molar-refractivity contribution in [3.8, 4) is 22.5 Å². The highest BCUT2D eigenvalue weighted by Gasteiger charge is 2.27. The molecule has 0 N–H and O–H groups in total. The van der Waals surface area contributed by atoms with Gasteiger partial charge < -0.3 is 9.13 Å². The fourth-order valence-electron chi connectivity index (χ4n) is 9.61. The number of halogens is 2. The van der Waals surface area contributed by atoms with Crippen LogP contribution in [0, 0.1) is 11.8 Å². The molecule has 0 radical (unpaired) electrons. The number of benzene rings is 4. The lowest BCUT2D eigenvalue weighted by atomic mass is 9.83. The fourth-order valence-corrected chi connectivity index (χ4v) is 10.3. The molecule has 52 heavy (non-hydrogen) atoms. The van der Waals surface area contributed by atoms with Gasteiger partial charge in [-0.05, 0) is 133 Å². The first kappa shape index (κ1) is 35.9.